The predicted octanol–water partition coefficient (Wildman–Crippen LogP) is 5.79. The fourth-order valence-corrected chi connectivity index (χ4v) is 5.88. The second kappa shape index (κ2) is 14.1. The number of rotatable bonds is 12. The maximum Gasteiger partial charge on any atom is 0.264 e. The van der Waals surface area contributed by atoms with Gasteiger partial charge in [-0.15, -0.1) is 0 Å². The van der Waals surface area contributed by atoms with Crippen molar-refractivity contribution in [1.82, 2.24) is 10.2 Å². The first-order chi connectivity index (χ1) is 19.0. The van der Waals surface area contributed by atoms with E-state index in [4.69, 9.17) is 39.5 Å². The predicted molar refractivity (Wildman–Crippen MR) is 159 cm³/mol. The molecule has 3 aromatic carbocycles. The molecule has 0 aliphatic rings. The minimum absolute atomic E-state index is 0.0504. The van der Waals surface area contributed by atoms with Crippen molar-refractivity contribution in [2.24, 2.45) is 0 Å². The highest BCUT2D eigenvalue weighted by atomic mass is 35.5. The maximum atomic E-state index is 13.9. The number of nitrogens with zero attached hydrogens (tertiary/aromatic N) is 2. The van der Waals surface area contributed by atoms with Gasteiger partial charge >= 0.3 is 0 Å². The van der Waals surface area contributed by atoms with Crippen molar-refractivity contribution in [2.45, 2.75) is 38.3 Å². The fourth-order valence-electron chi connectivity index (χ4n) is 3.88. The van der Waals surface area contributed by atoms with Gasteiger partial charge in [-0.2, -0.15) is 0 Å². The highest BCUT2D eigenvalue weighted by Crippen LogP contribution is 2.28. The number of hydrogen-bond acceptors (Lipinski definition) is 5. The van der Waals surface area contributed by atoms with Crippen LogP contribution in [0.15, 0.2) is 71.6 Å². The number of nitrogens with one attached hydrogen (secondary N) is 1. The van der Waals surface area contributed by atoms with E-state index in [0.29, 0.717) is 39.5 Å². The molecule has 3 aromatic rings. The molecule has 0 saturated heterocycles. The Labute approximate surface area is 249 Å². The Morgan fingerprint density at radius 2 is 1.55 bits per heavy atom. The molecule has 2 amide bonds. The summed E-state index contributed by atoms with van der Waals surface area (Å²) < 4.78 is 34.2. The normalized spacial score (nSPS) is 11.9. The van der Waals surface area contributed by atoms with E-state index in [2.05, 4.69) is 5.32 Å². The molecule has 0 aromatic heterocycles. The molecular weight excluding hydrogens is 597 g/mol. The Morgan fingerprint density at radius 1 is 0.925 bits per heavy atom. The number of benzene rings is 3. The van der Waals surface area contributed by atoms with Gasteiger partial charge in [0.25, 0.3) is 10.0 Å². The lowest BCUT2D eigenvalue weighted by molar-refractivity contribution is -0.139. The van der Waals surface area contributed by atoms with E-state index in [1.54, 1.807) is 50.2 Å². The first-order valence-corrected chi connectivity index (χ1v) is 15.1. The topological polar surface area (TPSA) is 96.0 Å². The number of halogens is 3. The van der Waals surface area contributed by atoms with Gasteiger partial charge in [0.2, 0.25) is 11.8 Å². The van der Waals surface area contributed by atoms with Crippen LogP contribution in [0.5, 0.6) is 5.75 Å². The number of carbonyl (C=O) groups excluding carboxylic acids is 2. The molecule has 40 heavy (non-hydrogen) atoms. The summed E-state index contributed by atoms with van der Waals surface area (Å²) in [5, 5.41) is 3.80. The molecule has 0 fully saturated rings. The summed E-state index contributed by atoms with van der Waals surface area (Å²) in [7, 11) is -4.23. The van der Waals surface area contributed by atoms with Gasteiger partial charge in [-0.3, -0.25) is 13.9 Å². The van der Waals surface area contributed by atoms with Gasteiger partial charge in [-0.25, -0.2) is 8.42 Å². The number of ether oxygens (including phenoxy) is 1. The first kappa shape index (κ1) is 31.5. The van der Waals surface area contributed by atoms with E-state index >= 15 is 0 Å². The molecular formula is C28H30Cl3N3O5S. The second-order valence-electron chi connectivity index (χ2n) is 8.72. The molecule has 0 unspecified atom stereocenters. The number of anilines is 1. The van der Waals surface area contributed by atoms with Crippen molar-refractivity contribution in [3.8, 4) is 5.75 Å². The average Bonchev–Trinajstić information content (AvgIpc) is 2.92. The third-order valence-electron chi connectivity index (χ3n) is 5.99. The summed E-state index contributed by atoms with van der Waals surface area (Å²) in [6.07, 6.45) is 0. The third-order valence-corrected chi connectivity index (χ3v) is 8.62. The zero-order valence-electron chi connectivity index (χ0n) is 22.2. The third kappa shape index (κ3) is 7.81. The molecule has 0 saturated carbocycles. The monoisotopic (exact) mass is 625 g/mol. The quantitative estimate of drug-likeness (QED) is 0.274. The van der Waals surface area contributed by atoms with Crippen molar-refractivity contribution < 1.29 is 22.7 Å². The molecule has 0 radical (unpaired) electrons. The van der Waals surface area contributed by atoms with E-state index in [1.807, 2.05) is 6.92 Å². The lowest BCUT2D eigenvalue weighted by atomic mass is 10.1. The van der Waals surface area contributed by atoms with Gasteiger partial charge in [0.1, 0.15) is 18.3 Å². The van der Waals surface area contributed by atoms with Crippen LogP contribution in [-0.4, -0.2) is 50.9 Å². The Hall–Kier alpha value is -2.98. The van der Waals surface area contributed by atoms with Crippen LogP contribution in [0.3, 0.4) is 0 Å². The lowest BCUT2D eigenvalue weighted by Gasteiger charge is -2.32. The Balaban J connectivity index is 2.05. The minimum atomic E-state index is -4.23. The minimum Gasteiger partial charge on any atom is -0.494 e. The highest BCUT2D eigenvalue weighted by molar-refractivity contribution is 7.92. The van der Waals surface area contributed by atoms with Crippen LogP contribution < -0.4 is 14.4 Å². The smallest absolute Gasteiger partial charge is 0.264 e. The summed E-state index contributed by atoms with van der Waals surface area (Å²) in [5.41, 5.74) is 0.783. The summed E-state index contributed by atoms with van der Waals surface area (Å²) >= 11 is 18.4. The Morgan fingerprint density at radius 3 is 2.12 bits per heavy atom. The van der Waals surface area contributed by atoms with E-state index in [0.717, 1.165) is 4.31 Å². The molecule has 0 spiro atoms. The molecule has 0 heterocycles. The van der Waals surface area contributed by atoms with Crippen LogP contribution >= 0.6 is 34.8 Å². The molecule has 1 N–H and O–H groups in total. The lowest BCUT2D eigenvalue weighted by Crippen LogP contribution is -2.51. The fraction of sp³-hybridized carbons (Fsp3) is 0.286. The average molecular weight is 627 g/mol. The van der Waals surface area contributed by atoms with Crippen molar-refractivity contribution in [3.05, 3.63) is 87.4 Å². The molecule has 3 rings (SSSR count). The molecule has 0 aliphatic heterocycles. The first-order valence-electron chi connectivity index (χ1n) is 12.5. The van der Waals surface area contributed by atoms with Gasteiger partial charge in [0.15, 0.2) is 0 Å². The van der Waals surface area contributed by atoms with Crippen molar-refractivity contribution in [3.63, 3.8) is 0 Å². The molecule has 12 heteroatoms. The van der Waals surface area contributed by atoms with Crippen LogP contribution in [0.25, 0.3) is 0 Å². The SMILES string of the molecule is CCNC(=O)[C@@H](C)N(Cc1ccc(Cl)cc1Cl)C(=O)CN(c1ccc(OCC)cc1)S(=O)(=O)c1ccc(Cl)cc1. The van der Waals surface area contributed by atoms with Crippen molar-refractivity contribution in [2.75, 3.05) is 24.0 Å². The van der Waals surface area contributed by atoms with Crippen LogP contribution in [0.2, 0.25) is 15.1 Å². The van der Waals surface area contributed by atoms with E-state index in [1.165, 1.54) is 35.2 Å². The Kier molecular flexibility index (Phi) is 11.1. The van der Waals surface area contributed by atoms with E-state index in [-0.39, 0.29) is 17.1 Å². The summed E-state index contributed by atoms with van der Waals surface area (Å²) in [6.45, 7) is 5.32. The maximum absolute atomic E-state index is 13.9. The number of amides is 2. The highest BCUT2D eigenvalue weighted by Gasteiger charge is 2.32. The van der Waals surface area contributed by atoms with Gasteiger partial charge in [0, 0.05) is 28.2 Å². The van der Waals surface area contributed by atoms with Gasteiger partial charge < -0.3 is 15.0 Å². The Bertz CT molecular complexity index is 1430. The largest absolute Gasteiger partial charge is 0.494 e. The van der Waals surface area contributed by atoms with Crippen LogP contribution in [0.4, 0.5) is 5.69 Å². The van der Waals surface area contributed by atoms with Gasteiger partial charge in [0.05, 0.1) is 17.2 Å². The number of carbonyl (C=O) groups is 2. The molecule has 0 bridgehead atoms. The molecule has 214 valence electrons. The van der Waals surface area contributed by atoms with Crippen LogP contribution in [0, 0.1) is 0 Å². The number of sulfonamides is 1. The van der Waals surface area contributed by atoms with Gasteiger partial charge in [-0.1, -0.05) is 40.9 Å². The number of hydrogen-bond donors (Lipinski definition) is 1. The van der Waals surface area contributed by atoms with Gasteiger partial charge in [-0.05, 0) is 87.0 Å². The zero-order valence-corrected chi connectivity index (χ0v) is 25.3. The second-order valence-corrected chi connectivity index (χ2v) is 11.9. The van der Waals surface area contributed by atoms with Crippen LogP contribution in [0.1, 0.15) is 26.3 Å². The van der Waals surface area contributed by atoms with E-state index in [9.17, 15) is 18.0 Å². The summed E-state index contributed by atoms with van der Waals surface area (Å²) in [5.74, 6) is -0.462. The number of likely N-dealkylation sites (N-methyl/N-ethyl adjacent to an activating group) is 1. The van der Waals surface area contributed by atoms with Crippen molar-refractivity contribution >= 4 is 62.3 Å². The standard InChI is InChI=1S/C28H30Cl3N3O5S/c1-4-32-28(36)19(3)33(17-20-6-7-22(30)16-26(20)31)27(35)18-34(23-10-12-24(13-11-23)39-5-2)40(37,38)25-14-8-21(29)9-15-25/h6-16,19H,4-5,17-18H2,1-3H3,(H,32,36)/t19-/m1/s1. The molecule has 1 atom stereocenters. The van der Waals surface area contributed by atoms with Crippen molar-refractivity contribution in [1.29, 1.82) is 0 Å². The molecule has 0 aliphatic carbocycles. The summed E-state index contributed by atoms with van der Waals surface area (Å²) in [4.78, 5) is 27.9. The van der Waals surface area contributed by atoms with E-state index < -0.39 is 34.4 Å². The van der Waals surface area contributed by atoms with Crippen LogP contribution in [-0.2, 0) is 26.2 Å². The summed E-state index contributed by atoms with van der Waals surface area (Å²) in [6, 6.07) is 15.9. The zero-order chi connectivity index (χ0) is 29.4. The molecule has 8 nitrogen and oxygen atoms in total.